The van der Waals surface area contributed by atoms with Gasteiger partial charge in [-0.1, -0.05) is 50.2 Å². The van der Waals surface area contributed by atoms with Crippen molar-refractivity contribution in [1.29, 1.82) is 0 Å². The number of nitrogens with zero attached hydrogens (tertiary/aromatic N) is 4. The van der Waals surface area contributed by atoms with E-state index in [4.69, 9.17) is 5.10 Å². The second-order valence-corrected chi connectivity index (χ2v) is 9.52. The summed E-state index contributed by atoms with van der Waals surface area (Å²) >= 11 is 1.66. The largest absolute Gasteiger partial charge is 0.348 e. The molecule has 0 saturated carbocycles. The molecule has 3 heterocycles. The number of aromatic nitrogens is 3. The number of rotatable bonds is 11. The standard InChI is InChI=1S/C27H33N5OS/c1-4-31(5-2)17-9-11-20(3)29-27(33)25-24-22(23-14-10-18-34-23)15-16-28-26(24)32(30-25)19-21-12-7-6-8-13-21/h6-8,10,12-16,18,20H,4-5,9,11,17,19H2,1-3H3,(H,29,33). The number of pyridine rings is 1. The molecule has 0 spiro atoms. The van der Waals surface area contributed by atoms with Crippen LogP contribution in [0.5, 0.6) is 0 Å². The quantitative estimate of drug-likeness (QED) is 0.313. The first kappa shape index (κ1) is 24.1. The maximum absolute atomic E-state index is 13.4. The van der Waals surface area contributed by atoms with Crippen LogP contribution in [-0.4, -0.2) is 51.2 Å². The van der Waals surface area contributed by atoms with Crippen molar-refractivity contribution in [2.75, 3.05) is 19.6 Å². The molecule has 1 aromatic carbocycles. The lowest BCUT2D eigenvalue weighted by atomic mass is 10.1. The van der Waals surface area contributed by atoms with E-state index >= 15 is 0 Å². The van der Waals surface area contributed by atoms with E-state index in [-0.39, 0.29) is 11.9 Å². The Morgan fingerprint density at radius 2 is 1.91 bits per heavy atom. The number of hydrogen-bond acceptors (Lipinski definition) is 5. The fourth-order valence-corrected chi connectivity index (χ4v) is 5.04. The minimum absolute atomic E-state index is 0.0687. The third-order valence-corrected chi connectivity index (χ3v) is 7.10. The Balaban J connectivity index is 1.62. The minimum atomic E-state index is -0.141. The molecule has 0 bridgehead atoms. The van der Waals surface area contributed by atoms with Crippen molar-refractivity contribution in [2.45, 2.75) is 46.2 Å². The average molecular weight is 476 g/mol. The van der Waals surface area contributed by atoms with E-state index in [1.165, 1.54) is 0 Å². The second-order valence-electron chi connectivity index (χ2n) is 8.57. The molecule has 0 aliphatic carbocycles. The number of thiophene rings is 1. The Bertz CT molecular complexity index is 1200. The van der Waals surface area contributed by atoms with Crippen molar-refractivity contribution < 1.29 is 4.79 Å². The number of amides is 1. The van der Waals surface area contributed by atoms with Gasteiger partial charge in [0.25, 0.3) is 5.91 Å². The van der Waals surface area contributed by atoms with Crippen LogP contribution < -0.4 is 5.32 Å². The van der Waals surface area contributed by atoms with Crippen molar-refractivity contribution in [2.24, 2.45) is 0 Å². The highest BCUT2D eigenvalue weighted by Gasteiger charge is 2.23. The number of hydrogen-bond donors (Lipinski definition) is 1. The molecule has 1 unspecified atom stereocenters. The van der Waals surface area contributed by atoms with Crippen LogP contribution in [0.1, 0.15) is 49.7 Å². The van der Waals surface area contributed by atoms with Gasteiger partial charge >= 0.3 is 0 Å². The van der Waals surface area contributed by atoms with Crippen LogP contribution in [-0.2, 0) is 6.54 Å². The maximum Gasteiger partial charge on any atom is 0.272 e. The molecule has 0 radical (unpaired) electrons. The second kappa shape index (κ2) is 11.4. The predicted molar refractivity (Wildman–Crippen MR) is 140 cm³/mol. The third-order valence-electron chi connectivity index (χ3n) is 6.19. The highest BCUT2D eigenvalue weighted by molar-refractivity contribution is 7.13. The first-order valence-corrected chi connectivity index (χ1v) is 12.9. The van der Waals surface area contributed by atoms with Crippen LogP contribution in [0.15, 0.2) is 60.1 Å². The minimum Gasteiger partial charge on any atom is -0.348 e. The summed E-state index contributed by atoms with van der Waals surface area (Å²) in [6.45, 7) is 10.2. The first-order chi connectivity index (χ1) is 16.6. The molecule has 7 heteroatoms. The van der Waals surface area contributed by atoms with Gasteiger partial charge in [0.2, 0.25) is 0 Å². The van der Waals surface area contributed by atoms with Crippen LogP contribution >= 0.6 is 11.3 Å². The zero-order chi connectivity index (χ0) is 23.9. The summed E-state index contributed by atoms with van der Waals surface area (Å²) in [5.74, 6) is -0.141. The Kier molecular flexibility index (Phi) is 8.08. The summed E-state index contributed by atoms with van der Waals surface area (Å²) in [6.07, 6.45) is 3.79. The maximum atomic E-state index is 13.4. The fraction of sp³-hybridized carbons (Fsp3) is 0.370. The van der Waals surface area contributed by atoms with Gasteiger partial charge in [-0.05, 0) is 62.5 Å². The fourth-order valence-electron chi connectivity index (χ4n) is 4.29. The van der Waals surface area contributed by atoms with Crippen molar-refractivity contribution in [3.8, 4) is 10.4 Å². The zero-order valence-electron chi connectivity index (χ0n) is 20.2. The molecule has 4 aromatic rings. The van der Waals surface area contributed by atoms with Crippen molar-refractivity contribution >= 4 is 28.3 Å². The topological polar surface area (TPSA) is 63.1 Å². The van der Waals surface area contributed by atoms with Crippen molar-refractivity contribution in [3.05, 3.63) is 71.4 Å². The molecular formula is C27H33N5OS. The van der Waals surface area contributed by atoms with Gasteiger partial charge in [-0.15, -0.1) is 11.3 Å². The number of benzene rings is 1. The summed E-state index contributed by atoms with van der Waals surface area (Å²) in [7, 11) is 0. The molecular weight excluding hydrogens is 442 g/mol. The average Bonchev–Trinajstić information content (AvgIpc) is 3.51. The van der Waals surface area contributed by atoms with Crippen LogP contribution in [0.3, 0.4) is 0 Å². The van der Waals surface area contributed by atoms with Gasteiger partial charge in [0.1, 0.15) is 0 Å². The highest BCUT2D eigenvalue weighted by atomic mass is 32.1. The lowest BCUT2D eigenvalue weighted by Gasteiger charge is -2.19. The molecule has 0 aliphatic heterocycles. The Morgan fingerprint density at radius 3 is 2.62 bits per heavy atom. The Labute approximate surface area is 205 Å². The first-order valence-electron chi connectivity index (χ1n) is 12.1. The molecule has 34 heavy (non-hydrogen) atoms. The summed E-state index contributed by atoms with van der Waals surface area (Å²) in [5, 5.41) is 10.8. The van der Waals surface area contributed by atoms with Gasteiger partial charge in [0, 0.05) is 22.7 Å². The lowest BCUT2D eigenvalue weighted by molar-refractivity contribution is 0.0933. The molecule has 0 saturated heterocycles. The molecule has 1 amide bonds. The molecule has 1 N–H and O–H groups in total. The highest BCUT2D eigenvalue weighted by Crippen LogP contribution is 2.33. The smallest absolute Gasteiger partial charge is 0.272 e. The number of fused-ring (bicyclic) bond motifs is 1. The van der Waals surface area contributed by atoms with E-state index in [9.17, 15) is 4.79 Å². The van der Waals surface area contributed by atoms with Gasteiger partial charge in [-0.2, -0.15) is 5.10 Å². The van der Waals surface area contributed by atoms with Crippen LogP contribution in [0.25, 0.3) is 21.5 Å². The van der Waals surface area contributed by atoms with Crippen LogP contribution in [0.4, 0.5) is 0 Å². The van der Waals surface area contributed by atoms with Crippen LogP contribution in [0.2, 0.25) is 0 Å². The number of nitrogens with one attached hydrogen (secondary N) is 1. The molecule has 0 fully saturated rings. The van der Waals surface area contributed by atoms with E-state index in [1.54, 1.807) is 17.5 Å². The van der Waals surface area contributed by atoms with E-state index in [2.05, 4.69) is 54.2 Å². The molecule has 3 aromatic heterocycles. The summed E-state index contributed by atoms with van der Waals surface area (Å²) < 4.78 is 1.85. The van der Waals surface area contributed by atoms with E-state index in [1.807, 2.05) is 40.4 Å². The van der Waals surface area contributed by atoms with Gasteiger partial charge in [-0.25, -0.2) is 9.67 Å². The van der Waals surface area contributed by atoms with E-state index in [0.29, 0.717) is 12.2 Å². The predicted octanol–water partition coefficient (Wildman–Crippen LogP) is 5.45. The number of carbonyl (C=O) groups excluding carboxylic acids is 1. The van der Waals surface area contributed by atoms with Gasteiger partial charge < -0.3 is 10.2 Å². The van der Waals surface area contributed by atoms with Gasteiger partial charge in [0.15, 0.2) is 11.3 Å². The van der Waals surface area contributed by atoms with Crippen molar-refractivity contribution in [3.63, 3.8) is 0 Å². The third kappa shape index (κ3) is 5.54. The van der Waals surface area contributed by atoms with E-state index in [0.717, 1.165) is 59.5 Å². The SMILES string of the molecule is CCN(CC)CCCC(C)NC(=O)c1nn(Cc2ccccc2)c2nccc(-c3cccs3)c12. The van der Waals surface area contributed by atoms with E-state index < -0.39 is 0 Å². The number of carbonyl (C=O) groups is 1. The van der Waals surface area contributed by atoms with Gasteiger partial charge in [-0.3, -0.25) is 4.79 Å². The monoisotopic (exact) mass is 475 g/mol. The van der Waals surface area contributed by atoms with Crippen molar-refractivity contribution in [1.82, 2.24) is 25.0 Å². The summed E-state index contributed by atoms with van der Waals surface area (Å²) in [5.41, 5.74) is 3.29. The zero-order valence-corrected chi connectivity index (χ0v) is 21.0. The Morgan fingerprint density at radius 1 is 1.12 bits per heavy atom. The molecule has 4 rings (SSSR count). The molecule has 178 valence electrons. The molecule has 1 atom stereocenters. The van der Waals surface area contributed by atoms with Gasteiger partial charge in [0.05, 0.1) is 11.9 Å². The normalized spacial score (nSPS) is 12.4. The lowest BCUT2D eigenvalue weighted by Crippen LogP contribution is -2.34. The summed E-state index contributed by atoms with van der Waals surface area (Å²) in [4.78, 5) is 21.6. The summed E-state index contributed by atoms with van der Waals surface area (Å²) in [6, 6.07) is 16.3. The Hall–Kier alpha value is -3.03. The molecule has 6 nitrogen and oxygen atoms in total. The molecule has 0 aliphatic rings. The van der Waals surface area contributed by atoms with Crippen LogP contribution in [0, 0.1) is 0 Å².